The minimum absolute atomic E-state index is 0.0517. The van der Waals surface area contributed by atoms with Gasteiger partial charge in [0.25, 0.3) is 0 Å². The van der Waals surface area contributed by atoms with E-state index in [-0.39, 0.29) is 17.0 Å². The van der Waals surface area contributed by atoms with Gasteiger partial charge in [-0.15, -0.1) is 0 Å². The average Bonchev–Trinajstić information content (AvgIpc) is 2.28. The number of hydrogen-bond acceptors (Lipinski definition) is 2. The van der Waals surface area contributed by atoms with Crippen molar-refractivity contribution in [3.63, 3.8) is 0 Å². The standard InChI is InChI=1S/C14H14O2/c1-14(2,3)10-6-4-9(5-7-10)11-8-12(15)13(11)16/h4-8H,1-3H3/i8D. The van der Waals surface area contributed by atoms with Crippen molar-refractivity contribution >= 4 is 0 Å². The quantitative estimate of drug-likeness (QED) is 0.684. The smallest absolute Gasteiger partial charge is 0.233 e. The predicted octanol–water partition coefficient (Wildman–Crippen LogP) is 2.25. The van der Waals surface area contributed by atoms with Crippen LogP contribution in [0.5, 0.6) is 0 Å². The van der Waals surface area contributed by atoms with E-state index >= 15 is 0 Å². The Bertz CT molecular complexity index is 624. The molecule has 0 bridgehead atoms. The molecule has 82 valence electrons. The maximum absolute atomic E-state index is 11.3. The zero-order valence-electron chi connectivity index (χ0n) is 10.6. The Kier molecular flexibility index (Phi) is 2.03. The Hall–Kier alpha value is -1.70. The summed E-state index contributed by atoms with van der Waals surface area (Å²) in [5, 5.41) is 0. The molecule has 2 aromatic rings. The van der Waals surface area contributed by atoms with Gasteiger partial charge in [-0.05, 0) is 16.5 Å². The molecule has 0 heterocycles. The zero-order chi connectivity index (χ0) is 12.8. The molecular formula is C14H14O2. The lowest BCUT2D eigenvalue weighted by molar-refractivity contribution is 0.590. The fourth-order valence-electron chi connectivity index (χ4n) is 1.62. The molecule has 0 unspecified atom stereocenters. The Morgan fingerprint density at radius 1 is 1.06 bits per heavy atom. The minimum atomic E-state index is -0.681. The lowest BCUT2D eigenvalue weighted by Gasteiger charge is -2.19. The van der Waals surface area contributed by atoms with Crippen molar-refractivity contribution in [2.75, 3.05) is 0 Å². The molecule has 2 rings (SSSR count). The molecular weight excluding hydrogens is 200 g/mol. The second kappa shape index (κ2) is 3.41. The summed E-state index contributed by atoms with van der Waals surface area (Å²) in [4.78, 5) is 22.3. The molecule has 0 atom stereocenters. The highest BCUT2D eigenvalue weighted by molar-refractivity contribution is 5.65. The Morgan fingerprint density at radius 2 is 1.62 bits per heavy atom. The van der Waals surface area contributed by atoms with Crippen LogP contribution in [0.4, 0.5) is 0 Å². The molecule has 0 fully saturated rings. The third kappa shape index (κ3) is 1.71. The van der Waals surface area contributed by atoms with Crippen LogP contribution in [0.15, 0.2) is 39.9 Å². The van der Waals surface area contributed by atoms with Gasteiger partial charge in [0.2, 0.25) is 10.9 Å². The molecule has 2 nitrogen and oxygen atoms in total. The summed E-state index contributed by atoms with van der Waals surface area (Å²) in [7, 11) is 0. The van der Waals surface area contributed by atoms with Gasteiger partial charge < -0.3 is 0 Å². The van der Waals surface area contributed by atoms with E-state index in [1.165, 1.54) is 0 Å². The van der Waals surface area contributed by atoms with Gasteiger partial charge >= 0.3 is 0 Å². The molecule has 0 amide bonds. The Balaban J connectivity index is 2.45. The van der Waals surface area contributed by atoms with Crippen LogP contribution in [0.2, 0.25) is 0 Å². The second-order valence-corrected chi connectivity index (χ2v) is 4.99. The molecule has 0 radical (unpaired) electrons. The zero-order valence-corrected chi connectivity index (χ0v) is 9.63. The van der Waals surface area contributed by atoms with Crippen molar-refractivity contribution in [1.82, 2.24) is 0 Å². The molecule has 0 aliphatic rings. The van der Waals surface area contributed by atoms with Crippen LogP contribution in [0.3, 0.4) is 0 Å². The van der Waals surface area contributed by atoms with E-state index in [1.54, 1.807) is 12.1 Å². The van der Waals surface area contributed by atoms with Gasteiger partial charge in [0, 0.05) is 11.6 Å². The lowest BCUT2D eigenvalue weighted by atomic mass is 9.86. The number of rotatable bonds is 1. The second-order valence-electron chi connectivity index (χ2n) is 4.99. The molecule has 0 spiro atoms. The molecule has 2 aromatic carbocycles. The molecule has 0 N–H and O–H groups in total. The van der Waals surface area contributed by atoms with Crippen LogP contribution in [0, 0.1) is 0 Å². The molecule has 0 saturated carbocycles. The molecule has 16 heavy (non-hydrogen) atoms. The van der Waals surface area contributed by atoms with Gasteiger partial charge in [0.1, 0.15) is 0 Å². The van der Waals surface area contributed by atoms with Gasteiger partial charge in [-0.2, -0.15) is 0 Å². The van der Waals surface area contributed by atoms with Gasteiger partial charge in [-0.25, -0.2) is 0 Å². The van der Waals surface area contributed by atoms with Crippen LogP contribution < -0.4 is 10.9 Å². The van der Waals surface area contributed by atoms with E-state index in [2.05, 4.69) is 20.8 Å². The van der Waals surface area contributed by atoms with Crippen LogP contribution in [-0.2, 0) is 5.41 Å². The summed E-state index contributed by atoms with van der Waals surface area (Å²) < 4.78 is 7.43. The molecule has 0 aliphatic carbocycles. The third-order valence-electron chi connectivity index (χ3n) is 2.71. The van der Waals surface area contributed by atoms with Crippen molar-refractivity contribution < 1.29 is 1.37 Å². The molecule has 0 aliphatic heterocycles. The van der Waals surface area contributed by atoms with E-state index in [9.17, 15) is 9.59 Å². The summed E-state index contributed by atoms with van der Waals surface area (Å²) in [6.45, 7) is 6.32. The summed E-state index contributed by atoms with van der Waals surface area (Å²) in [6, 6.07) is 7.31. The van der Waals surface area contributed by atoms with Gasteiger partial charge in [0.15, 0.2) is 0 Å². The third-order valence-corrected chi connectivity index (χ3v) is 2.71. The van der Waals surface area contributed by atoms with E-state index in [0.717, 1.165) is 5.56 Å². The first-order valence-electron chi connectivity index (χ1n) is 5.73. The highest BCUT2D eigenvalue weighted by atomic mass is 16.2. The highest BCUT2D eigenvalue weighted by Gasteiger charge is 2.15. The molecule has 0 saturated heterocycles. The topological polar surface area (TPSA) is 34.1 Å². The Morgan fingerprint density at radius 3 is 2.06 bits per heavy atom. The van der Waals surface area contributed by atoms with Gasteiger partial charge in [-0.1, -0.05) is 45.0 Å². The predicted molar refractivity (Wildman–Crippen MR) is 65.5 cm³/mol. The van der Waals surface area contributed by atoms with Crippen LogP contribution in [-0.4, -0.2) is 0 Å². The highest BCUT2D eigenvalue weighted by Crippen LogP contribution is 2.24. The van der Waals surface area contributed by atoms with Crippen molar-refractivity contribution in [2.24, 2.45) is 0 Å². The summed E-state index contributed by atoms with van der Waals surface area (Å²) in [6.07, 6.45) is 0. The van der Waals surface area contributed by atoms with Gasteiger partial charge in [-0.3, -0.25) is 9.59 Å². The fraction of sp³-hybridized carbons (Fsp3) is 0.286. The summed E-state index contributed by atoms with van der Waals surface area (Å²) >= 11 is 0. The summed E-state index contributed by atoms with van der Waals surface area (Å²) in [5.41, 5.74) is 0.892. The maximum Gasteiger partial charge on any atom is 0.233 e. The fourth-order valence-corrected chi connectivity index (χ4v) is 1.62. The normalized spacial score (nSPS) is 12.8. The minimum Gasteiger partial charge on any atom is -0.286 e. The maximum atomic E-state index is 11.3. The number of hydrogen-bond donors (Lipinski definition) is 0. The van der Waals surface area contributed by atoms with Crippen molar-refractivity contribution in [3.05, 3.63) is 56.3 Å². The molecule has 0 aromatic heterocycles. The van der Waals surface area contributed by atoms with E-state index < -0.39 is 10.9 Å². The SMILES string of the molecule is [2H]c1c(-c2ccc(C(C)(C)C)cc2)c(=O)c1=O. The average molecular weight is 215 g/mol. The van der Waals surface area contributed by atoms with Crippen LogP contribution in [0.25, 0.3) is 11.1 Å². The molecule has 2 heteroatoms. The van der Waals surface area contributed by atoms with Crippen molar-refractivity contribution in [1.29, 1.82) is 0 Å². The van der Waals surface area contributed by atoms with Crippen LogP contribution >= 0.6 is 0 Å². The largest absolute Gasteiger partial charge is 0.286 e. The number of benzene rings is 1. The van der Waals surface area contributed by atoms with Crippen molar-refractivity contribution in [3.8, 4) is 11.1 Å². The van der Waals surface area contributed by atoms with Gasteiger partial charge in [0.05, 0.1) is 1.37 Å². The monoisotopic (exact) mass is 215 g/mol. The first-order chi connectivity index (χ1) is 7.82. The van der Waals surface area contributed by atoms with E-state index in [0.29, 0.717) is 5.56 Å². The first kappa shape index (κ1) is 9.52. The van der Waals surface area contributed by atoms with Crippen LogP contribution in [0.1, 0.15) is 27.7 Å². The van der Waals surface area contributed by atoms with E-state index in [1.807, 2.05) is 12.1 Å². The lowest BCUT2D eigenvalue weighted by Crippen LogP contribution is -2.30. The van der Waals surface area contributed by atoms with E-state index in [4.69, 9.17) is 1.37 Å². The summed E-state index contributed by atoms with van der Waals surface area (Å²) in [5.74, 6) is 0. The first-order valence-corrected chi connectivity index (χ1v) is 5.23. The Labute approximate surface area is 95.7 Å². The van der Waals surface area contributed by atoms with Crippen molar-refractivity contribution in [2.45, 2.75) is 26.2 Å².